The van der Waals surface area contributed by atoms with Gasteiger partial charge in [0.05, 0.1) is 16.8 Å². The summed E-state index contributed by atoms with van der Waals surface area (Å²) >= 11 is 0. The number of fused-ring (bicyclic) bond motifs is 1. The van der Waals surface area contributed by atoms with Crippen molar-refractivity contribution in [1.29, 1.82) is 0 Å². The molecule has 5 N–H and O–H groups in total. The monoisotopic (exact) mass is 311 g/mol. The van der Waals surface area contributed by atoms with Gasteiger partial charge in [-0.3, -0.25) is 4.55 Å². The molecule has 0 fully saturated rings. The number of nitrogens with two attached hydrogens (primary N) is 1. The largest absolute Gasteiger partial charge is 0.478 e. The number of aromatic carboxylic acids is 2. The Morgan fingerprint density at radius 1 is 1.10 bits per heavy atom. The van der Waals surface area contributed by atoms with Crippen molar-refractivity contribution in [3.8, 4) is 0 Å². The Hall–Kier alpha value is -2.65. The molecule has 0 aliphatic rings. The number of carbonyl (C=O) groups is 2. The molecule has 110 valence electrons. The van der Waals surface area contributed by atoms with Crippen LogP contribution in [0.5, 0.6) is 0 Å². The zero-order chi connectivity index (χ0) is 15.9. The van der Waals surface area contributed by atoms with Gasteiger partial charge in [0.25, 0.3) is 10.1 Å². The fourth-order valence-electron chi connectivity index (χ4n) is 2.07. The van der Waals surface area contributed by atoms with Gasteiger partial charge in [-0.15, -0.1) is 0 Å². The first kappa shape index (κ1) is 14.8. The van der Waals surface area contributed by atoms with Crippen LogP contribution >= 0.6 is 0 Å². The highest BCUT2D eigenvalue weighted by Crippen LogP contribution is 2.33. The lowest BCUT2D eigenvalue weighted by molar-refractivity contribution is 0.0652. The molecule has 2 aromatic rings. The van der Waals surface area contributed by atoms with Gasteiger partial charge in [0.15, 0.2) is 0 Å². The van der Waals surface area contributed by atoms with Gasteiger partial charge < -0.3 is 15.9 Å². The lowest BCUT2D eigenvalue weighted by Gasteiger charge is -2.12. The van der Waals surface area contributed by atoms with Crippen LogP contribution in [0.3, 0.4) is 0 Å². The smallest absolute Gasteiger partial charge is 0.338 e. The quantitative estimate of drug-likeness (QED) is 0.484. The van der Waals surface area contributed by atoms with Crippen LogP contribution in [0.15, 0.2) is 29.2 Å². The maximum atomic E-state index is 11.3. The average molecular weight is 311 g/mol. The summed E-state index contributed by atoms with van der Waals surface area (Å²) in [7, 11) is -4.65. The Bertz CT molecular complexity index is 886. The van der Waals surface area contributed by atoms with Crippen LogP contribution < -0.4 is 5.73 Å². The standard InChI is InChI=1S/C12H9NO7S/c13-10-8-5(2-1-3-7(8)21(18,19)20)4-6(11(14)15)9(10)12(16)17/h1-4H,13H2,(H,14,15)(H,16,17)(H,18,19,20). The number of carboxylic acids is 2. The van der Waals surface area contributed by atoms with Gasteiger partial charge in [-0.05, 0) is 17.5 Å². The molecule has 21 heavy (non-hydrogen) atoms. The number of rotatable bonds is 3. The predicted molar refractivity (Wildman–Crippen MR) is 72.1 cm³/mol. The second kappa shape index (κ2) is 4.72. The van der Waals surface area contributed by atoms with E-state index in [0.717, 1.165) is 12.1 Å². The molecule has 0 aliphatic heterocycles. The number of benzene rings is 2. The molecule has 0 unspecified atom stereocenters. The maximum Gasteiger partial charge on any atom is 0.338 e. The summed E-state index contributed by atoms with van der Waals surface area (Å²) in [5.41, 5.74) is 3.80. The van der Waals surface area contributed by atoms with Crippen LogP contribution in [-0.4, -0.2) is 35.1 Å². The Labute approximate surface area is 118 Å². The van der Waals surface area contributed by atoms with E-state index in [-0.39, 0.29) is 10.8 Å². The lowest BCUT2D eigenvalue weighted by Crippen LogP contribution is -2.13. The Morgan fingerprint density at radius 2 is 1.71 bits per heavy atom. The van der Waals surface area contributed by atoms with Crippen molar-refractivity contribution in [1.82, 2.24) is 0 Å². The van der Waals surface area contributed by atoms with E-state index in [1.165, 1.54) is 12.1 Å². The molecule has 0 saturated heterocycles. The summed E-state index contributed by atoms with van der Waals surface area (Å²) in [5, 5.41) is 18.0. The molecule has 0 radical (unpaired) electrons. The number of carboxylic acid groups (broad SMARTS) is 2. The third-order valence-corrected chi connectivity index (χ3v) is 3.78. The van der Waals surface area contributed by atoms with Crippen molar-refractivity contribution in [2.75, 3.05) is 5.73 Å². The Balaban J connectivity index is 3.09. The first-order chi connectivity index (χ1) is 9.64. The minimum absolute atomic E-state index is 0.0880. The molecule has 0 aliphatic carbocycles. The predicted octanol–water partition coefficient (Wildman–Crippen LogP) is 1.07. The second-order valence-corrected chi connectivity index (χ2v) is 5.54. The summed E-state index contributed by atoms with van der Waals surface area (Å²) in [6.45, 7) is 0. The molecule has 0 saturated carbocycles. The van der Waals surface area contributed by atoms with Gasteiger partial charge >= 0.3 is 11.9 Å². The van der Waals surface area contributed by atoms with Crippen molar-refractivity contribution < 1.29 is 32.8 Å². The zero-order valence-corrected chi connectivity index (χ0v) is 11.1. The Kier molecular flexibility index (Phi) is 3.32. The molecule has 0 spiro atoms. The molecule has 8 nitrogen and oxygen atoms in total. The van der Waals surface area contributed by atoms with Crippen molar-refractivity contribution in [3.05, 3.63) is 35.4 Å². The molecule has 0 heterocycles. The van der Waals surface area contributed by atoms with Crippen molar-refractivity contribution in [3.63, 3.8) is 0 Å². The van der Waals surface area contributed by atoms with Crippen LogP contribution in [0.4, 0.5) is 5.69 Å². The summed E-state index contributed by atoms with van der Waals surface area (Å²) < 4.78 is 31.8. The summed E-state index contributed by atoms with van der Waals surface area (Å²) in [4.78, 5) is 21.7. The number of hydrogen-bond acceptors (Lipinski definition) is 5. The molecule has 2 rings (SSSR count). The van der Waals surface area contributed by atoms with E-state index in [0.29, 0.717) is 0 Å². The summed E-state index contributed by atoms with van der Waals surface area (Å²) in [6.07, 6.45) is 0. The normalized spacial score (nSPS) is 11.5. The van der Waals surface area contributed by atoms with Crippen LogP contribution in [0.1, 0.15) is 20.7 Å². The summed E-state index contributed by atoms with van der Waals surface area (Å²) in [5.74, 6) is -3.13. The van der Waals surface area contributed by atoms with E-state index in [9.17, 15) is 22.6 Å². The van der Waals surface area contributed by atoms with E-state index in [1.54, 1.807) is 0 Å². The minimum atomic E-state index is -4.65. The van der Waals surface area contributed by atoms with E-state index in [1.807, 2.05) is 0 Å². The van der Waals surface area contributed by atoms with Gasteiger partial charge in [0.1, 0.15) is 4.90 Å². The molecule has 2 aromatic carbocycles. The van der Waals surface area contributed by atoms with Gasteiger partial charge in [-0.1, -0.05) is 12.1 Å². The first-order valence-corrected chi connectivity index (χ1v) is 6.88. The van der Waals surface area contributed by atoms with Gasteiger partial charge in [-0.2, -0.15) is 8.42 Å². The van der Waals surface area contributed by atoms with E-state index < -0.39 is 43.8 Å². The van der Waals surface area contributed by atoms with Crippen molar-refractivity contribution in [2.45, 2.75) is 4.90 Å². The topological polar surface area (TPSA) is 155 Å². The van der Waals surface area contributed by atoms with Crippen LogP contribution in [0, 0.1) is 0 Å². The fourth-order valence-corrected chi connectivity index (χ4v) is 2.80. The van der Waals surface area contributed by atoms with Crippen molar-refractivity contribution >= 4 is 38.5 Å². The highest BCUT2D eigenvalue weighted by Gasteiger charge is 2.25. The van der Waals surface area contributed by atoms with Crippen LogP contribution in [0.25, 0.3) is 10.8 Å². The highest BCUT2D eigenvalue weighted by atomic mass is 32.2. The molecule has 0 atom stereocenters. The van der Waals surface area contributed by atoms with E-state index >= 15 is 0 Å². The fraction of sp³-hybridized carbons (Fsp3) is 0. The number of anilines is 1. The van der Waals surface area contributed by atoms with Gasteiger partial charge in [-0.25, -0.2) is 9.59 Å². The van der Waals surface area contributed by atoms with E-state index in [4.69, 9.17) is 15.9 Å². The second-order valence-electron chi connectivity index (χ2n) is 4.15. The average Bonchev–Trinajstić information content (AvgIpc) is 2.35. The molecule has 0 bridgehead atoms. The number of hydrogen-bond donors (Lipinski definition) is 4. The molecular weight excluding hydrogens is 302 g/mol. The van der Waals surface area contributed by atoms with Crippen LogP contribution in [0.2, 0.25) is 0 Å². The third-order valence-electron chi connectivity index (χ3n) is 2.89. The lowest BCUT2D eigenvalue weighted by atomic mass is 9.98. The number of nitrogen functional groups attached to an aromatic ring is 1. The third kappa shape index (κ3) is 2.39. The van der Waals surface area contributed by atoms with Gasteiger partial charge in [0.2, 0.25) is 0 Å². The first-order valence-electron chi connectivity index (χ1n) is 5.44. The zero-order valence-electron chi connectivity index (χ0n) is 10.3. The Morgan fingerprint density at radius 3 is 2.19 bits per heavy atom. The molecule has 9 heteroatoms. The minimum Gasteiger partial charge on any atom is -0.478 e. The molecule has 0 aromatic heterocycles. The SMILES string of the molecule is Nc1c(C(=O)O)c(C(=O)O)cc2cccc(S(=O)(=O)O)c12. The molecular formula is C12H9NO7S. The van der Waals surface area contributed by atoms with Crippen molar-refractivity contribution in [2.24, 2.45) is 0 Å². The maximum absolute atomic E-state index is 11.3. The highest BCUT2D eigenvalue weighted by molar-refractivity contribution is 7.86. The van der Waals surface area contributed by atoms with Crippen LogP contribution in [-0.2, 0) is 10.1 Å². The summed E-state index contributed by atoms with van der Waals surface area (Å²) in [6, 6.07) is 4.67. The molecule has 0 amide bonds. The van der Waals surface area contributed by atoms with E-state index in [2.05, 4.69) is 0 Å². The van der Waals surface area contributed by atoms with Gasteiger partial charge in [0, 0.05) is 5.39 Å².